The molecule has 4 aromatic rings. The molecule has 126 valence electrons. The molecular formula is C24H18BrN. The second-order valence-corrected chi connectivity index (χ2v) is 6.98. The Morgan fingerprint density at radius 2 is 1.00 bits per heavy atom. The standard InChI is InChI=1S/C24H18BrN/c25-21-9-7-8-20(18-21)19-14-16-24(17-15-19)26(22-10-3-1-4-11-22)23-12-5-2-6-13-23/h1-18H. The third-order valence-corrected chi connectivity index (χ3v) is 4.81. The summed E-state index contributed by atoms with van der Waals surface area (Å²) in [5.41, 5.74) is 5.84. The summed E-state index contributed by atoms with van der Waals surface area (Å²) in [7, 11) is 0. The Labute approximate surface area is 162 Å². The van der Waals surface area contributed by atoms with Crippen molar-refractivity contribution < 1.29 is 0 Å². The zero-order valence-corrected chi connectivity index (χ0v) is 15.8. The van der Waals surface area contributed by atoms with Crippen LogP contribution in [0.15, 0.2) is 114 Å². The highest BCUT2D eigenvalue weighted by atomic mass is 79.9. The highest BCUT2D eigenvalue weighted by molar-refractivity contribution is 9.10. The van der Waals surface area contributed by atoms with Crippen LogP contribution >= 0.6 is 15.9 Å². The van der Waals surface area contributed by atoms with E-state index in [1.165, 1.54) is 11.1 Å². The van der Waals surface area contributed by atoms with Crippen molar-refractivity contribution in [1.82, 2.24) is 0 Å². The van der Waals surface area contributed by atoms with Gasteiger partial charge in [-0.2, -0.15) is 0 Å². The van der Waals surface area contributed by atoms with Gasteiger partial charge in [0.2, 0.25) is 0 Å². The number of nitrogens with zero attached hydrogens (tertiary/aromatic N) is 1. The second-order valence-electron chi connectivity index (χ2n) is 6.06. The molecule has 1 nitrogen and oxygen atoms in total. The van der Waals surface area contributed by atoms with Gasteiger partial charge in [-0.25, -0.2) is 0 Å². The molecule has 0 saturated carbocycles. The van der Waals surface area contributed by atoms with Gasteiger partial charge in [-0.3, -0.25) is 0 Å². The summed E-state index contributed by atoms with van der Waals surface area (Å²) in [5.74, 6) is 0. The number of benzene rings is 4. The van der Waals surface area contributed by atoms with Crippen LogP contribution < -0.4 is 4.90 Å². The van der Waals surface area contributed by atoms with E-state index in [0.29, 0.717) is 0 Å². The summed E-state index contributed by atoms with van der Waals surface area (Å²) in [5, 5.41) is 0. The van der Waals surface area contributed by atoms with E-state index in [-0.39, 0.29) is 0 Å². The van der Waals surface area contributed by atoms with Gasteiger partial charge < -0.3 is 4.90 Å². The molecule has 0 bridgehead atoms. The van der Waals surface area contributed by atoms with Crippen LogP contribution in [0.2, 0.25) is 0 Å². The lowest BCUT2D eigenvalue weighted by Gasteiger charge is -2.25. The predicted octanol–water partition coefficient (Wildman–Crippen LogP) is 7.59. The van der Waals surface area contributed by atoms with Gasteiger partial charge in [-0.15, -0.1) is 0 Å². The third-order valence-electron chi connectivity index (χ3n) is 4.31. The molecule has 0 saturated heterocycles. The Morgan fingerprint density at radius 1 is 0.462 bits per heavy atom. The summed E-state index contributed by atoms with van der Waals surface area (Å²) in [6.45, 7) is 0. The summed E-state index contributed by atoms with van der Waals surface area (Å²) < 4.78 is 1.09. The topological polar surface area (TPSA) is 3.24 Å². The third kappa shape index (κ3) is 3.56. The van der Waals surface area contributed by atoms with Gasteiger partial charge in [0.05, 0.1) is 0 Å². The number of rotatable bonds is 4. The van der Waals surface area contributed by atoms with Crippen molar-refractivity contribution in [2.75, 3.05) is 4.90 Å². The fourth-order valence-corrected chi connectivity index (χ4v) is 3.47. The first-order chi connectivity index (χ1) is 12.8. The molecule has 0 atom stereocenters. The van der Waals surface area contributed by atoms with Gasteiger partial charge >= 0.3 is 0 Å². The van der Waals surface area contributed by atoms with Gasteiger partial charge in [-0.1, -0.05) is 76.6 Å². The normalized spacial score (nSPS) is 10.5. The van der Waals surface area contributed by atoms with Crippen molar-refractivity contribution in [3.63, 3.8) is 0 Å². The van der Waals surface area contributed by atoms with Crippen LogP contribution in [0, 0.1) is 0 Å². The van der Waals surface area contributed by atoms with Gasteiger partial charge in [-0.05, 0) is 59.7 Å². The van der Waals surface area contributed by atoms with Crippen molar-refractivity contribution in [2.45, 2.75) is 0 Å². The minimum absolute atomic E-state index is 1.09. The molecule has 4 aromatic carbocycles. The van der Waals surface area contributed by atoms with E-state index >= 15 is 0 Å². The summed E-state index contributed by atoms with van der Waals surface area (Å²) in [6, 6.07) is 38.0. The van der Waals surface area contributed by atoms with E-state index in [4.69, 9.17) is 0 Å². The Morgan fingerprint density at radius 3 is 1.54 bits per heavy atom. The maximum atomic E-state index is 3.55. The molecule has 0 spiro atoms. The van der Waals surface area contributed by atoms with E-state index in [1.54, 1.807) is 0 Å². The van der Waals surface area contributed by atoms with Crippen LogP contribution in [-0.4, -0.2) is 0 Å². The van der Waals surface area contributed by atoms with Crippen LogP contribution in [0.25, 0.3) is 11.1 Å². The molecular weight excluding hydrogens is 382 g/mol. The Balaban J connectivity index is 1.75. The van der Waals surface area contributed by atoms with E-state index < -0.39 is 0 Å². The summed E-state index contributed by atoms with van der Waals surface area (Å²) in [6.07, 6.45) is 0. The molecule has 0 amide bonds. The van der Waals surface area contributed by atoms with Crippen LogP contribution in [0.1, 0.15) is 0 Å². The average molecular weight is 400 g/mol. The maximum absolute atomic E-state index is 3.55. The SMILES string of the molecule is Brc1cccc(-c2ccc(N(c3ccccc3)c3ccccc3)cc2)c1. The minimum Gasteiger partial charge on any atom is -0.311 e. The maximum Gasteiger partial charge on any atom is 0.0462 e. The average Bonchev–Trinajstić information content (AvgIpc) is 2.70. The van der Waals surface area contributed by atoms with Crippen molar-refractivity contribution >= 4 is 33.0 Å². The van der Waals surface area contributed by atoms with E-state index in [1.807, 2.05) is 18.2 Å². The summed E-state index contributed by atoms with van der Waals surface area (Å²) >= 11 is 3.55. The molecule has 0 aromatic heterocycles. The molecule has 0 unspecified atom stereocenters. The first-order valence-electron chi connectivity index (χ1n) is 8.57. The zero-order valence-electron chi connectivity index (χ0n) is 14.2. The van der Waals surface area contributed by atoms with Crippen molar-refractivity contribution in [3.8, 4) is 11.1 Å². The fraction of sp³-hybridized carbons (Fsp3) is 0. The first-order valence-corrected chi connectivity index (χ1v) is 9.37. The smallest absolute Gasteiger partial charge is 0.0462 e. The van der Waals surface area contributed by atoms with Crippen LogP contribution in [0.3, 0.4) is 0 Å². The zero-order chi connectivity index (χ0) is 17.8. The molecule has 4 rings (SSSR count). The van der Waals surface area contributed by atoms with Gasteiger partial charge in [0.25, 0.3) is 0 Å². The molecule has 26 heavy (non-hydrogen) atoms. The highest BCUT2D eigenvalue weighted by Gasteiger charge is 2.11. The van der Waals surface area contributed by atoms with E-state index in [9.17, 15) is 0 Å². The number of halogens is 1. The fourth-order valence-electron chi connectivity index (χ4n) is 3.07. The van der Waals surface area contributed by atoms with Crippen molar-refractivity contribution in [1.29, 1.82) is 0 Å². The lowest BCUT2D eigenvalue weighted by Crippen LogP contribution is -2.09. The Kier molecular flexibility index (Phi) is 4.85. The first kappa shape index (κ1) is 16.6. The minimum atomic E-state index is 1.09. The van der Waals surface area contributed by atoms with Crippen molar-refractivity contribution in [3.05, 3.63) is 114 Å². The summed E-state index contributed by atoms with van der Waals surface area (Å²) in [4.78, 5) is 2.27. The lowest BCUT2D eigenvalue weighted by molar-refractivity contribution is 1.28. The monoisotopic (exact) mass is 399 g/mol. The largest absolute Gasteiger partial charge is 0.311 e. The van der Waals surface area contributed by atoms with Crippen LogP contribution in [0.5, 0.6) is 0 Å². The van der Waals surface area contributed by atoms with Gasteiger partial charge in [0.1, 0.15) is 0 Å². The van der Waals surface area contributed by atoms with E-state index in [2.05, 4.69) is 112 Å². The van der Waals surface area contributed by atoms with Gasteiger partial charge in [0.15, 0.2) is 0 Å². The second kappa shape index (κ2) is 7.59. The lowest BCUT2D eigenvalue weighted by atomic mass is 10.0. The predicted molar refractivity (Wildman–Crippen MR) is 114 cm³/mol. The number of hydrogen-bond donors (Lipinski definition) is 0. The number of hydrogen-bond acceptors (Lipinski definition) is 1. The molecule has 0 heterocycles. The Bertz CT molecular complexity index is 940. The molecule has 2 heteroatoms. The van der Waals surface area contributed by atoms with Crippen LogP contribution in [0.4, 0.5) is 17.1 Å². The van der Waals surface area contributed by atoms with E-state index in [0.717, 1.165) is 21.5 Å². The Hall–Kier alpha value is -2.84. The molecule has 0 aliphatic carbocycles. The molecule has 0 fully saturated rings. The quantitative estimate of drug-likeness (QED) is 0.341. The molecule has 0 N–H and O–H groups in total. The number of para-hydroxylation sites is 2. The van der Waals surface area contributed by atoms with Gasteiger partial charge in [0, 0.05) is 21.5 Å². The highest BCUT2D eigenvalue weighted by Crippen LogP contribution is 2.35. The van der Waals surface area contributed by atoms with Crippen LogP contribution in [-0.2, 0) is 0 Å². The molecule has 0 radical (unpaired) electrons. The molecule has 0 aliphatic rings. The number of anilines is 3. The molecule has 0 aliphatic heterocycles. The van der Waals surface area contributed by atoms with Crippen molar-refractivity contribution in [2.24, 2.45) is 0 Å².